The number of ether oxygens (including phenoxy) is 2. The van der Waals surface area contributed by atoms with E-state index < -0.39 is 0 Å². The van der Waals surface area contributed by atoms with Crippen LogP contribution in [0, 0.1) is 0 Å². The van der Waals surface area contributed by atoms with E-state index >= 15 is 0 Å². The third kappa shape index (κ3) is 1.78. The summed E-state index contributed by atoms with van der Waals surface area (Å²) in [7, 11) is 0. The lowest BCUT2D eigenvalue weighted by Gasteiger charge is -2.08. The molecular formula is C10H10BrN3O2. The Morgan fingerprint density at radius 1 is 1.56 bits per heavy atom. The highest BCUT2D eigenvalue weighted by Crippen LogP contribution is 2.25. The van der Waals surface area contributed by atoms with Crippen LogP contribution in [0.1, 0.15) is 6.42 Å². The fraction of sp³-hybridized carbons (Fsp3) is 0.400. The predicted octanol–water partition coefficient (Wildman–Crippen LogP) is 1.89. The van der Waals surface area contributed by atoms with Gasteiger partial charge < -0.3 is 9.47 Å². The third-order valence-electron chi connectivity index (χ3n) is 2.51. The van der Waals surface area contributed by atoms with Gasteiger partial charge >= 0.3 is 0 Å². The summed E-state index contributed by atoms with van der Waals surface area (Å²) in [6.07, 6.45) is 2.74. The minimum Gasteiger partial charge on any atom is -0.470 e. The summed E-state index contributed by atoms with van der Waals surface area (Å²) >= 11 is 3.38. The number of fused-ring (bicyclic) bond motifs is 1. The topological polar surface area (TPSA) is 60.0 Å². The van der Waals surface area contributed by atoms with Crippen molar-refractivity contribution in [3.05, 3.63) is 16.7 Å². The van der Waals surface area contributed by atoms with Gasteiger partial charge in [0.05, 0.1) is 18.6 Å². The van der Waals surface area contributed by atoms with Crippen molar-refractivity contribution in [2.24, 2.45) is 0 Å². The van der Waals surface area contributed by atoms with E-state index in [1.54, 1.807) is 6.20 Å². The number of nitrogens with one attached hydrogen (secondary N) is 1. The minimum absolute atomic E-state index is 0.102. The lowest BCUT2D eigenvalue weighted by atomic mass is 10.3. The second-order valence-electron chi connectivity index (χ2n) is 3.68. The molecule has 0 aromatic carbocycles. The lowest BCUT2D eigenvalue weighted by Crippen LogP contribution is -2.15. The lowest BCUT2D eigenvalue weighted by molar-refractivity contribution is 0.139. The number of H-pyrrole nitrogens is 1. The normalized spacial score (nSPS) is 20.4. The summed E-state index contributed by atoms with van der Waals surface area (Å²) in [6, 6.07) is 1.94. The highest BCUT2D eigenvalue weighted by molar-refractivity contribution is 9.10. The molecule has 1 atom stereocenters. The van der Waals surface area contributed by atoms with Crippen LogP contribution in [0.4, 0.5) is 0 Å². The SMILES string of the molecule is Brc1cnc2[nH]nc(OC3CCOC3)c2c1. The molecule has 2 aromatic rings. The molecule has 1 fully saturated rings. The number of nitrogens with zero attached hydrogens (tertiary/aromatic N) is 2. The molecule has 0 bridgehead atoms. The van der Waals surface area contributed by atoms with E-state index in [0.717, 1.165) is 28.5 Å². The molecule has 84 valence electrons. The standard InChI is InChI=1S/C10H10BrN3O2/c11-6-3-8-9(12-4-6)13-14-10(8)16-7-1-2-15-5-7/h3-4,7H,1-2,5H2,(H,12,13,14). The Balaban J connectivity index is 1.93. The highest BCUT2D eigenvalue weighted by Gasteiger charge is 2.19. The molecule has 0 saturated carbocycles. The van der Waals surface area contributed by atoms with Gasteiger partial charge in [-0.3, -0.25) is 5.10 Å². The molecule has 0 spiro atoms. The van der Waals surface area contributed by atoms with Crippen LogP contribution in [0.25, 0.3) is 11.0 Å². The molecule has 3 heterocycles. The minimum atomic E-state index is 0.102. The van der Waals surface area contributed by atoms with Crippen molar-refractivity contribution in [1.29, 1.82) is 0 Å². The van der Waals surface area contributed by atoms with Crippen LogP contribution in [0.3, 0.4) is 0 Å². The molecule has 0 amide bonds. The molecule has 1 aliphatic rings. The molecule has 0 radical (unpaired) electrons. The van der Waals surface area contributed by atoms with Crippen LogP contribution in [0.15, 0.2) is 16.7 Å². The molecular weight excluding hydrogens is 274 g/mol. The van der Waals surface area contributed by atoms with Gasteiger partial charge in [0.15, 0.2) is 5.65 Å². The van der Waals surface area contributed by atoms with Gasteiger partial charge in [-0.25, -0.2) is 4.98 Å². The summed E-state index contributed by atoms with van der Waals surface area (Å²) in [5.41, 5.74) is 0.733. The first-order valence-electron chi connectivity index (χ1n) is 5.07. The van der Waals surface area contributed by atoms with Crippen LogP contribution in [0.2, 0.25) is 0 Å². The molecule has 1 unspecified atom stereocenters. The maximum Gasteiger partial charge on any atom is 0.242 e. The Labute approximate surface area is 100 Å². The van der Waals surface area contributed by atoms with Crippen LogP contribution in [-0.2, 0) is 4.74 Å². The van der Waals surface area contributed by atoms with E-state index in [2.05, 4.69) is 31.1 Å². The van der Waals surface area contributed by atoms with Crippen molar-refractivity contribution in [3.63, 3.8) is 0 Å². The fourth-order valence-corrected chi connectivity index (χ4v) is 2.04. The molecule has 1 aliphatic heterocycles. The van der Waals surface area contributed by atoms with E-state index in [1.165, 1.54) is 0 Å². The van der Waals surface area contributed by atoms with Crippen molar-refractivity contribution in [2.45, 2.75) is 12.5 Å². The van der Waals surface area contributed by atoms with Gasteiger partial charge in [0.1, 0.15) is 6.10 Å². The number of aromatic amines is 1. The van der Waals surface area contributed by atoms with Crippen molar-refractivity contribution >= 4 is 27.0 Å². The van der Waals surface area contributed by atoms with E-state index in [1.807, 2.05) is 6.07 Å². The van der Waals surface area contributed by atoms with Crippen molar-refractivity contribution in [3.8, 4) is 5.88 Å². The molecule has 3 rings (SSSR count). The average Bonchev–Trinajstić information content (AvgIpc) is 2.90. The molecule has 5 nitrogen and oxygen atoms in total. The molecule has 1 saturated heterocycles. The quantitative estimate of drug-likeness (QED) is 0.914. The maximum atomic E-state index is 5.76. The first-order valence-corrected chi connectivity index (χ1v) is 5.86. The summed E-state index contributed by atoms with van der Waals surface area (Å²) < 4.78 is 11.9. The van der Waals surface area contributed by atoms with Crippen LogP contribution in [0.5, 0.6) is 5.88 Å². The second kappa shape index (κ2) is 4.03. The maximum absolute atomic E-state index is 5.76. The average molecular weight is 284 g/mol. The first kappa shape index (κ1) is 10.0. The van der Waals surface area contributed by atoms with Gasteiger partial charge in [0.2, 0.25) is 5.88 Å². The van der Waals surface area contributed by atoms with Crippen LogP contribution in [-0.4, -0.2) is 34.5 Å². The Hall–Kier alpha value is -1.14. The zero-order valence-electron chi connectivity index (χ0n) is 8.44. The van der Waals surface area contributed by atoms with E-state index in [-0.39, 0.29) is 6.10 Å². The first-order chi connectivity index (χ1) is 7.83. The summed E-state index contributed by atoms with van der Waals surface area (Å²) in [4.78, 5) is 4.20. The zero-order chi connectivity index (χ0) is 11.0. The fourth-order valence-electron chi connectivity index (χ4n) is 1.71. The Kier molecular flexibility index (Phi) is 2.53. The van der Waals surface area contributed by atoms with Gasteiger partial charge in [-0.05, 0) is 22.0 Å². The van der Waals surface area contributed by atoms with Gasteiger partial charge in [0, 0.05) is 17.1 Å². The van der Waals surface area contributed by atoms with Crippen molar-refractivity contribution < 1.29 is 9.47 Å². The number of hydrogen-bond donors (Lipinski definition) is 1. The highest BCUT2D eigenvalue weighted by atomic mass is 79.9. The number of hydrogen-bond acceptors (Lipinski definition) is 4. The van der Waals surface area contributed by atoms with E-state index in [0.29, 0.717) is 12.5 Å². The molecule has 0 aliphatic carbocycles. The Morgan fingerprint density at radius 2 is 2.50 bits per heavy atom. The molecule has 6 heteroatoms. The summed E-state index contributed by atoms with van der Waals surface area (Å²) in [5.74, 6) is 0.597. The van der Waals surface area contributed by atoms with Gasteiger partial charge in [-0.15, -0.1) is 5.10 Å². The molecule has 16 heavy (non-hydrogen) atoms. The number of pyridine rings is 1. The van der Waals surface area contributed by atoms with E-state index in [4.69, 9.17) is 9.47 Å². The van der Waals surface area contributed by atoms with Crippen molar-refractivity contribution in [1.82, 2.24) is 15.2 Å². The number of aromatic nitrogens is 3. The largest absolute Gasteiger partial charge is 0.470 e. The van der Waals surface area contributed by atoms with Gasteiger partial charge in [0.25, 0.3) is 0 Å². The third-order valence-corrected chi connectivity index (χ3v) is 2.95. The van der Waals surface area contributed by atoms with Gasteiger partial charge in [-0.2, -0.15) is 0 Å². The number of rotatable bonds is 2. The second-order valence-corrected chi connectivity index (χ2v) is 4.60. The summed E-state index contributed by atoms with van der Waals surface area (Å²) in [5, 5.41) is 7.85. The van der Waals surface area contributed by atoms with E-state index in [9.17, 15) is 0 Å². The Bertz CT molecular complexity index is 508. The predicted molar refractivity (Wildman–Crippen MR) is 61.4 cm³/mol. The summed E-state index contributed by atoms with van der Waals surface area (Å²) in [6.45, 7) is 1.39. The Morgan fingerprint density at radius 3 is 3.31 bits per heavy atom. The van der Waals surface area contributed by atoms with Crippen LogP contribution < -0.4 is 4.74 Å². The zero-order valence-corrected chi connectivity index (χ0v) is 10.0. The monoisotopic (exact) mass is 283 g/mol. The van der Waals surface area contributed by atoms with Crippen LogP contribution >= 0.6 is 15.9 Å². The van der Waals surface area contributed by atoms with Crippen molar-refractivity contribution in [2.75, 3.05) is 13.2 Å². The molecule has 1 N–H and O–H groups in total. The molecule has 2 aromatic heterocycles. The smallest absolute Gasteiger partial charge is 0.242 e. The number of halogens is 1. The van der Waals surface area contributed by atoms with Gasteiger partial charge in [-0.1, -0.05) is 0 Å².